The second kappa shape index (κ2) is 7.74. The Labute approximate surface area is 122 Å². The summed E-state index contributed by atoms with van der Waals surface area (Å²) in [5.74, 6) is 1.87. The van der Waals surface area contributed by atoms with E-state index in [0.717, 1.165) is 37.8 Å². The van der Waals surface area contributed by atoms with Crippen LogP contribution in [0.5, 0.6) is 0 Å². The maximum atomic E-state index is 4.43. The number of piperidine rings is 1. The van der Waals surface area contributed by atoms with Gasteiger partial charge in [0, 0.05) is 19.1 Å². The Morgan fingerprint density at radius 2 is 2.30 bits per heavy atom. The number of hydrogen-bond donors (Lipinski definition) is 1. The standard InChI is InChI=1S/C15H29N5/c1-4-8-20-15(17-12-18-20)11-19-9-6-7-14(10-19)13(3)16-5-2/h12-14,16H,4-11H2,1-3H3. The van der Waals surface area contributed by atoms with Crippen LogP contribution >= 0.6 is 0 Å². The van der Waals surface area contributed by atoms with Gasteiger partial charge in [-0.15, -0.1) is 0 Å². The van der Waals surface area contributed by atoms with Gasteiger partial charge in [-0.3, -0.25) is 4.90 Å². The number of aryl methyl sites for hydroxylation is 1. The second-order valence-corrected chi connectivity index (χ2v) is 5.88. The van der Waals surface area contributed by atoms with Crippen molar-refractivity contribution in [3.63, 3.8) is 0 Å². The summed E-state index contributed by atoms with van der Waals surface area (Å²) in [6.45, 7) is 12.0. The van der Waals surface area contributed by atoms with Gasteiger partial charge in [-0.05, 0) is 45.2 Å². The smallest absolute Gasteiger partial charge is 0.141 e. The van der Waals surface area contributed by atoms with Gasteiger partial charge in [0.15, 0.2) is 0 Å². The second-order valence-electron chi connectivity index (χ2n) is 5.88. The normalized spacial score (nSPS) is 22.1. The van der Waals surface area contributed by atoms with Gasteiger partial charge in [0.05, 0.1) is 6.54 Å². The zero-order valence-corrected chi connectivity index (χ0v) is 13.2. The third-order valence-corrected chi connectivity index (χ3v) is 4.27. The highest BCUT2D eigenvalue weighted by molar-refractivity contribution is 4.88. The van der Waals surface area contributed by atoms with Crippen LogP contribution in [0, 0.1) is 5.92 Å². The summed E-state index contributed by atoms with van der Waals surface area (Å²) >= 11 is 0. The lowest BCUT2D eigenvalue weighted by Crippen LogP contribution is -2.44. The molecule has 0 bridgehead atoms. The summed E-state index contributed by atoms with van der Waals surface area (Å²) in [5.41, 5.74) is 0. The number of nitrogens with one attached hydrogen (secondary N) is 1. The van der Waals surface area contributed by atoms with Crippen LogP contribution in [0.1, 0.15) is 45.9 Å². The van der Waals surface area contributed by atoms with E-state index in [9.17, 15) is 0 Å². The Balaban J connectivity index is 1.90. The molecule has 0 radical (unpaired) electrons. The highest BCUT2D eigenvalue weighted by Crippen LogP contribution is 2.21. The molecule has 0 aromatic carbocycles. The molecule has 1 saturated heterocycles. The van der Waals surface area contributed by atoms with Crippen LogP contribution in [-0.4, -0.2) is 45.3 Å². The van der Waals surface area contributed by atoms with Crippen LogP contribution in [0.25, 0.3) is 0 Å². The minimum absolute atomic E-state index is 0.608. The molecule has 1 aliphatic heterocycles. The van der Waals surface area contributed by atoms with E-state index in [1.807, 2.05) is 0 Å². The fraction of sp³-hybridized carbons (Fsp3) is 0.867. The molecule has 1 fully saturated rings. The van der Waals surface area contributed by atoms with Crippen molar-refractivity contribution < 1.29 is 0 Å². The van der Waals surface area contributed by atoms with Gasteiger partial charge in [-0.1, -0.05) is 13.8 Å². The average molecular weight is 279 g/mol. The molecule has 2 atom stereocenters. The van der Waals surface area contributed by atoms with Crippen molar-refractivity contribution in [2.45, 2.75) is 59.2 Å². The molecule has 20 heavy (non-hydrogen) atoms. The van der Waals surface area contributed by atoms with Crippen LogP contribution in [-0.2, 0) is 13.1 Å². The van der Waals surface area contributed by atoms with E-state index in [0.29, 0.717) is 6.04 Å². The number of nitrogens with zero attached hydrogens (tertiary/aromatic N) is 4. The number of hydrogen-bond acceptors (Lipinski definition) is 4. The van der Waals surface area contributed by atoms with Crippen LogP contribution in [0.4, 0.5) is 0 Å². The first kappa shape index (κ1) is 15.4. The van der Waals surface area contributed by atoms with Gasteiger partial charge >= 0.3 is 0 Å². The number of rotatable bonds is 7. The summed E-state index contributed by atoms with van der Waals surface area (Å²) in [6, 6.07) is 0.608. The van der Waals surface area contributed by atoms with Gasteiger partial charge in [-0.2, -0.15) is 5.10 Å². The van der Waals surface area contributed by atoms with Gasteiger partial charge in [-0.25, -0.2) is 9.67 Å². The van der Waals surface area contributed by atoms with E-state index < -0.39 is 0 Å². The summed E-state index contributed by atoms with van der Waals surface area (Å²) in [7, 11) is 0. The zero-order chi connectivity index (χ0) is 14.4. The van der Waals surface area contributed by atoms with Crippen molar-refractivity contribution in [2.75, 3.05) is 19.6 Å². The predicted molar refractivity (Wildman–Crippen MR) is 81.5 cm³/mol. The van der Waals surface area contributed by atoms with Crippen molar-refractivity contribution in [3.05, 3.63) is 12.2 Å². The molecule has 1 N–H and O–H groups in total. The molecule has 0 amide bonds. The van der Waals surface area contributed by atoms with E-state index >= 15 is 0 Å². The highest BCUT2D eigenvalue weighted by atomic mass is 15.3. The summed E-state index contributed by atoms with van der Waals surface area (Å²) < 4.78 is 2.05. The van der Waals surface area contributed by atoms with E-state index in [1.165, 1.54) is 25.9 Å². The number of aromatic nitrogens is 3. The van der Waals surface area contributed by atoms with E-state index in [-0.39, 0.29) is 0 Å². The molecule has 2 unspecified atom stereocenters. The first-order chi connectivity index (χ1) is 9.74. The molecule has 1 aliphatic rings. The Morgan fingerprint density at radius 1 is 1.45 bits per heavy atom. The molecular formula is C15H29N5. The average Bonchev–Trinajstić information content (AvgIpc) is 2.87. The maximum absolute atomic E-state index is 4.43. The van der Waals surface area contributed by atoms with E-state index in [2.05, 4.69) is 45.8 Å². The minimum atomic E-state index is 0.608. The molecule has 114 valence electrons. The zero-order valence-electron chi connectivity index (χ0n) is 13.2. The molecule has 5 heteroatoms. The molecule has 2 heterocycles. The number of likely N-dealkylation sites (tertiary alicyclic amines) is 1. The monoisotopic (exact) mass is 279 g/mol. The van der Waals surface area contributed by atoms with Crippen molar-refractivity contribution >= 4 is 0 Å². The summed E-state index contributed by atoms with van der Waals surface area (Å²) in [4.78, 5) is 6.97. The topological polar surface area (TPSA) is 46.0 Å². The Kier molecular flexibility index (Phi) is 5.98. The van der Waals surface area contributed by atoms with Crippen LogP contribution in [0.2, 0.25) is 0 Å². The third-order valence-electron chi connectivity index (χ3n) is 4.27. The quantitative estimate of drug-likeness (QED) is 0.828. The molecule has 1 aromatic rings. The lowest BCUT2D eigenvalue weighted by molar-refractivity contribution is 0.140. The molecular weight excluding hydrogens is 250 g/mol. The van der Waals surface area contributed by atoms with E-state index in [1.54, 1.807) is 6.33 Å². The summed E-state index contributed by atoms with van der Waals surface area (Å²) in [5, 5.41) is 7.89. The Hall–Kier alpha value is -0.940. The van der Waals surface area contributed by atoms with Crippen LogP contribution in [0.3, 0.4) is 0 Å². The van der Waals surface area contributed by atoms with Crippen LogP contribution < -0.4 is 5.32 Å². The van der Waals surface area contributed by atoms with Gasteiger partial charge < -0.3 is 5.32 Å². The molecule has 0 aliphatic carbocycles. The predicted octanol–water partition coefficient (Wildman–Crippen LogP) is 1.90. The Bertz CT molecular complexity index is 389. The van der Waals surface area contributed by atoms with Gasteiger partial charge in [0.2, 0.25) is 0 Å². The first-order valence-corrected chi connectivity index (χ1v) is 8.07. The fourth-order valence-corrected chi connectivity index (χ4v) is 3.14. The first-order valence-electron chi connectivity index (χ1n) is 8.07. The van der Waals surface area contributed by atoms with Gasteiger partial charge in [0.25, 0.3) is 0 Å². The Morgan fingerprint density at radius 3 is 3.05 bits per heavy atom. The molecule has 5 nitrogen and oxygen atoms in total. The largest absolute Gasteiger partial charge is 0.314 e. The summed E-state index contributed by atoms with van der Waals surface area (Å²) in [6.07, 6.45) is 5.43. The lowest BCUT2D eigenvalue weighted by atomic mass is 9.91. The molecule has 2 rings (SSSR count). The molecule has 0 spiro atoms. The van der Waals surface area contributed by atoms with Crippen molar-refractivity contribution in [2.24, 2.45) is 5.92 Å². The fourth-order valence-electron chi connectivity index (χ4n) is 3.14. The SMILES string of the molecule is CCCn1ncnc1CN1CCCC(C(C)NCC)C1. The third kappa shape index (κ3) is 4.03. The van der Waals surface area contributed by atoms with E-state index in [4.69, 9.17) is 0 Å². The van der Waals surface area contributed by atoms with Crippen molar-refractivity contribution in [1.82, 2.24) is 25.0 Å². The van der Waals surface area contributed by atoms with Gasteiger partial charge in [0.1, 0.15) is 12.2 Å². The van der Waals surface area contributed by atoms with Crippen molar-refractivity contribution in [3.8, 4) is 0 Å². The van der Waals surface area contributed by atoms with Crippen molar-refractivity contribution in [1.29, 1.82) is 0 Å². The highest BCUT2D eigenvalue weighted by Gasteiger charge is 2.24. The maximum Gasteiger partial charge on any atom is 0.141 e. The lowest BCUT2D eigenvalue weighted by Gasteiger charge is -2.35. The van der Waals surface area contributed by atoms with Crippen LogP contribution in [0.15, 0.2) is 6.33 Å². The minimum Gasteiger partial charge on any atom is -0.314 e. The molecule has 0 saturated carbocycles. The molecule has 1 aromatic heterocycles.